The quantitative estimate of drug-likeness (QED) is 0.605. The van der Waals surface area contributed by atoms with Crippen molar-refractivity contribution in [1.29, 1.82) is 0 Å². The predicted octanol–water partition coefficient (Wildman–Crippen LogP) is 0.679. The van der Waals surface area contributed by atoms with Crippen LogP contribution in [0.2, 0.25) is 0 Å². The molecule has 0 heterocycles. The predicted molar refractivity (Wildman–Crippen MR) is 48.6 cm³/mol. The summed E-state index contributed by atoms with van der Waals surface area (Å²) in [6.45, 7) is 3.45. The van der Waals surface area contributed by atoms with E-state index in [9.17, 15) is 17.8 Å². The summed E-state index contributed by atoms with van der Waals surface area (Å²) in [6.07, 6.45) is 1.16. The first-order valence-corrected chi connectivity index (χ1v) is 6.13. The zero-order valence-electron chi connectivity index (χ0n) is 8.24. The van der Waals surface area contributed by atoms with Gasteiger partial charge in [-0.2, -0.15) is 0 Å². The number of Topliss-reactive ketones (excluding diaryl/α,β-unsaturated/α-hetero) is 1. The van der Waals surface area contributed by atoms with Gasteiger partial charge in [0, 0.05) is 6.42 Å². The molecule has 0 aromatic rings. The Morgan fingerprint density at radius 3 is 2.21 bits per heavy atom. The lowest BCUT2D eigenvalue weighted by Gasteiger charge is -2.38. The van der Waals surface area contributed by atoms with Gasteiger partial charge in [0.1, 0.15) is 14.9 Å². The van der Waals surface area contributed by atoms with E-state index in [4.69, 9.17) is 0 Å². The van der Waals surface area contributed by atoms with E-state index in [0.29, 0.717) is 6.42 Å². The van der Waals surface area contributed by atoms with E-state index >= 15 is 0 Å². The molecule has 0 aromatic carbocycles. The van der Waals surface area contributed by atoms with Crippen molar-refractivity contribution in [3.05, 3.63) is 0 Å². The Morgan fingerprint density at radius 2 is 2.00 bits per heavy atom. The fourth-order valence-electron chi connectivity index (χ4n) is 3.22. The Kier molecular flexibility index (Phi) is 1.72. The van der Waals surface area contributed by atoms with Crippen molar-refractivity contribution >= 4 is 15.9 Å². The number of hydrogen-bond donors (Lipinski definition) is 0. The molecule has 2 bridgehead atoms. The molecule has 0 saturated heterocycles. The van der Waals surface area contributed by atoms with Crippen LogP contribution in [0.5, 0.6) is 0 Å². The van der Waals surface area contributed by atoms with Crippen LogP contribution in [0.25, 0.3) is 0 Å². The van der Waals surface area contributed by atoms with Crippen molar-refractivity contribution < 1.29 is 17.8 Å². The first-order valence-electron chi connectivity index (χ1n) is 4.72. The van der Waals surface area contributed by atoms with Gasteiger partial charge in [-0.3, -0.25) is 4.79 Å². The lowest BCUT2D eigenvalue weighted by atomic mass is 9.81. The number of carbonyl (C=O) groups excluding carboxylic acids is 1. The van der Waals surface area contributed by atoms with Crippen LogP contribution in [0, 0.1) is 11.3 Å². The molecule has 2 aliphatic carbocycles. The fraction of sp³-hybridized carbons (Fsp3) is 0.889. The van der Waals surface area contributed by atoms with Gasteiger partial charge in [0.2, 0.25) is 0 Å². The molecule has 2 atom stereocenters. The normalized spacial score (nSPS) is 40.5. The molecule has 0 spiro atoms. The molecular weight excluding hydrogens is 204 g/mol. The molecule has 80 valence electrons. The van der Waals surface area contributed by atoms with Crippen LogP contribution in [0.1, 0.15) is 33.1 Å². The third-order valence-electron chi connectivity index (χ3n) is 4.22. The number of rotatable bonds is 1. The van der Waals surface area contributed by atoms with E-state index in [-0.39, 0.29) is 24.5 Å². The Bertz CT molecular complexity index is 395. The second-order valence-electron chi connectivity index (χ2n) is 4.87. The average Bonchev–Trinajstić information content (AvgIpc) is 2.34. The molecule has 0 amide bonds. The van der Waals surface area contributed by atoms with E-state index in [2.05, 4.69) is 0 Å². The van der Waals surface area contributed by atoms with Crippen LogP contribution in [-0.4, -0.2) is 23.5 Å². The van der Waals surface area contributed by atoms with Crippen molar-refractivity contribution in [3.63, 3.8) is 0 Å². The van der Waals surface area contributed by atoms with Gasteiger partial charge in [0.15, 0.2) is 5.78 Å². The van der Waals surface area contributed by atoms with Crippen molar-refractivity contribution in [2.24, 2.45) is 11.3 Å². The molecule has 2 aliphatic rings. The molecule has 2 saturated carbocycles. The monoisotopic (exact) mass is 217 g/mol. The van der Waals surface area contributed by atoms with Gasteiger partial charge < -0.3 is 4.55 Å². The van der Waals surface area contributed by atoms with E-state index in [1.165, 1.54) is 0 Å². The Labute approximate surface area is 83.4 Å². The molecule has 5 heteroatoms. The molecule has 2 fully saturated rings. The fourth-order valence-corrected chi connectivity index (χ4v) is 4.76. The smallest absolute Gasteiger partial charge is 0.153 e. The Morgan fingerprint density at radius 1 is 1.43 bits per heavy atom. The summed E-state index contributed by atoms with van der Waals surface area (Å²) in [5, 5.41) is 0. The molecule has 0 N–H and O–H groups in total. The highest BCUT2D eigenvalue weighted by Gasteiger charge is 2.68. The van der Waals surface area contributed by atoms with Gasteiger partial charge in [-0.15, -0.1) is 0 Å². The highest BCUT2D eigenvalue weighted by Crippen LogP contribution is 2.61. The highest BCUT2D eigenvalue weighted by atomic mass is 32.2. The molecule has 0 radical (unpaired) electrons. The molecule has 0 aromatic heterocycles. The van der Waals surface area contributed by atoms with Gasteiger partial charge in [-0.05, 0) is 24.2 Å². The van der Waals surface area contributed by atoms with E-state index in [0.717, 1.165) is 0 Å². The number of fused-ring (bicyclic) bond motifs is 2. The SMILES string of the molecule is CC1(C)[C@H]2CC[C@]1(S(=O)(=O)[O-])C(=O)C2. The number of carbonyl (C=O) groups is 1. The van der Waals surface area contributed by atoms with Crippen molar-refractivity contribution in [2.75, 3.05) is 0 Å². The van der Waals surface area contributed by atoms with Gasteiger partial charge in [0.25, 0.3) is 0 Å². The molecule has 0 unspecified atom stereocenters. The Hall–Kier alpha value is -0.420. The van der Waals surface area contributed by atoms with Crippen LogP contribution >= 0.6 is 0 Å². The standard InChI is InChI=1S/C9H14O4S/c1-8(2)6-3-4-9(8,7(10)5-6)14(11,12)13/h6H,3-5H2,1-2H3,(H,11,12,13)/p-1/t6-,9-/m0/s1. The second kappa shape index (κ2) is 2.39. The number of hydrogen-bond acceptors (Lipinski definition) is 4. The zero-order chi connectivity index (χ0) is 10.8. The molecule has 0 aliphatic heterocycles. The third-order valence-corrected chi connectivity index (χ3v) is 6.03. The molecule has 14 heavy (non-hydrogen) atoms. The minimum atomic E-state index is -4.53. The van der Waals surface area contributed by atoms with Gasteiger partial charge >= 0.3 is 0 Å². The minimum absolute atomic E-state index is 0.0683. The summed E-state index contributed by atoms with van der Waals surface area (Å²) < 4.78 is 32.2. The third kappa shape index (κ3) is 0.827. The maximum absolute atomic E-state index is 11.6. The first kappa shape index (κ1) is 10.1. The molecule has 4 nitrogen and oxygen atoms in total. The zero-order valence-corrected chi connectivity index (χ0v) is 9.06. The molecule has 2 rings (SSSR count). The largest absolute Gasteiger partial charge is 0.747 e. The lowest BCUT2D eigenvalue weighted by molar-refractivity contribution is -0.121. The van der Waals surface area contributed by atoms with Gasteiger partial charge in [0.05, 0.1) is 0 Å². The van der Waals surface area contributed by atoms with Crippen molar-refractivity contribution in [3.8, 4) is 0 Å². The van der Waals surface area contributed by atoms with Crippen molar-refractivity contribution in [1.82, 2.24) is 0 Å². The van der Waals surface area contributed by atoms with Crippen LogP contribution < -0.4 is 0 Å². The summed E-state index contributed by atoms with van der Waals surface area (Å²) >= 11 is 0. The topological polar surface area (TPSA) is 74.3 Å². The summed E-state index contributed by atoms with van der Waals surface area (Å²) in [5.41, 5.74) is -0.676. The summed E-state index contributed by atoms with van der Waals surface area (Å²) in [7, 11) is -4.53. The average molecular weight is 217 g/mol. The first-order chi connectivity index (χ1) is 6.23. The van der Waals surface area contributed by atoms with Crippen LogP contribution in [0.4, 0.5) is 0 Å². The Balaban J connectivity index is 2.68. The highest BCUT2D eigenvalue weighted by molar-refractivity contribution is 7.88. The van der Waals surface area contributed by atoms with Crippen LogP contribution in [0.3, 0.4) is 0 Å². The van der Waals surface area contributed by atoms with Gasteiger partial charge in [-0.1, -0.05) is 13.8 Å². The van der Waals surface area contributed by atoms with Crippen molar-refractivity contribution in [2.45, 2.75) is 37.9 Å². The van der Waals surface area contributed by atoms with Gasteiger partial charge in [-0.25, -0.2) is 8.42 Å². The molecular formula is C9H13O4S-. The van der Waals surface area contributed by atoms with Crippen LogP contribution in [-0.2, 0) is 14.9 Å². The maximum Gasteiger partial charge on any atom is 0.153 e. The summed E-state index contributed by atoms with van der Waals surface area (Å²) in [5.74, 6) is -0.299. The van der Waals surface area contributed by atoms with E-state index in [1.54, 1.807) is 13.8 Å². The minimum Gasteiger partial charge on any atom is -0.747 e. The van der Waals surface area contributed by atoms with Crippen LogP contribution in [0.15, 0.2) is 0 Å². The summed E-state index contributed by atoms with van der Waals surface area (Å²) in [6, 6.07) is 0. The maximum atomic E-state index is 11.6. The summed E-state index contributed by atoms with van der Waals surface area (Å²) in [4.78, 5) is 11.6. The lowest BCUT2D eigenvalue weighted by Crippen LogP contribution is -2.50. The van der Waals surface area contributed by atoms with E-state index < -0.39 is 20.3 Å². The number of ketones is 1. The van der Waals surface area contributed by atoms with E-state index in [1.807, 2.05) is 0 Å². The second-order valence-corrected chi connectivity index (χ2v) is 6.47.